The number of sulfonamides is 1. The molecule has 1 atom stereocenters. The number of halogens is 1. The smallest absolute Gasteiger partial charge is 0.243 e. The zero-order valence-corrected chi connectivity index (χ0v) is 20.9. The highest BCUT2D eigenvalue weighted by molar-refractivity contribution is 7.98. The summed E-state index contributed by atoms with van der Waals surface area (Å²) in [7, 11) is -1.99. The number of methoxy groups -OCH3 is 1. The Balaban J connectivity index is 1.99. The van der Waals surface area contributed by atoms with Gasteiger partial charge in [-0.1, -0.05) is 49.9 Å². The van der Waals surface area contributed by atoms with Crippen LogP contribution in [0.3, 0.4) is 0 Å². The van der Waals surface area contributed by atoms with E-state index in [9.17, 15) is 12.8 Å². The molecule has 0 aliphatic carbocycles. The van der Waals surface area contributed by atoms with Crippen LogP contribution >= 0.6 is 11.8 Å². The summed E-state index contributed by atoms with van der Waals surface area (Å²) >= 11 is 1.44. The van der Waals surface area contributed by atoms with E-state index in [2.05, 4.69) is 10.2 Å². The molecule has 0 amide bonds. The molecule has 0 saturated heterocycles. The third-order valence-corrected chi connectivity index (χ3v) is 8.27. The molecule has 0 fully saturated rings. The summed E-state index contributed by atoms with van der Waals surface area (Å²) in [6, 6.07) is 13.1. The first-order chi connectivity index (χ1) is 15.8. The fraction of sp³-hybridized carbons (Fsp3) is 0.391. The predicted octanol–water partition coefficient (Wildman–Crippen LogP) is 4.61. The maximum absolute atomic E-state index is 13.6. The molecule has 0 spiro atoms. The Morgan fingerprint density at radius 3 is 2.52 bits per heavy atom. The summed E-state index contributed by atoms with van der Waals surface area (Å²) in [5.74, 6) is 0.790. The van der Waals surface area contributed by atoms with Crippen LogP contribution < -0.4 is 0 Å². The summed E-state index contributed by atoms with van der Waals surface area (Å²) in [5.41, 5.74) is 1.49. The first-order valence-corrected chi connectivity index (χ1v) is 13.2. The lowest BCUT2D eigenvalue weighted by molar-refractivity contribution is 0.159. The molecule has 0 radical (unpaired) electrons. The van der Waals surface area contributed by atoms with Crippen LogP contribution in [0.2, 0.25) is 0 Å². The van der Waals surface area contributed by atoms with Gasteiger partial charge in [0.25, 0.3) is 0 Å². The van der Waals surface area contributed by atoms with E-state index >= 15 is 0 Å². The van der Waals surface area contributed by atoms with Crippen LogP contribution in [0.4, 0.5) is 4.39 Å². The number of rotatable bonds is 11. The van der Waals surface area contributed by atoms with Crippen LogP contribution in [0.25, 0.3) is 11.4 Å². The lowest BCUT2D eigenvalue weighted by atomic mass is 10.2. The normalized spacial score (nSPS) is 12.9. The van der Waals surface area contributed by atoms with Gasteiger partial charge < -0.3 is 4.74 Å². The number of benzene rings is 2. The van der Waals surface area contributed by atoms with Gasteiger partial charge in [0.1, 0.15) is 5.82 Å². The summed E-state index contributed by atoms with van der Waals surface area (Å²) < 4.78 is 48.3. The van der Waals surface area contributed by atoms with E-state index < -0.39 is 10.0 Å². The Morgan fingerprint density at radius 2 is 1.85 bits per heavy atom. The van der Waals surface area contributed by atoms with Gasteiger partial charge in [-0.25, -0.2) is 12.8 Å². The second-order valence-electron chi connectivity index (χ2n) is 7.52. The molecule has 1 aromatic heterocycles. The number of nitrogens with zero attached hydrogens (tertiary/aromatic N) is 4. The minimum absolute atomic E-state index is 0.0990. The molecule has 3 aromatic rings. The maximum atomic E-state index is 13.6. The largest absolute Gasteiger partial charge is 0.383 e. The fourth-order valence-corrected chi connectivity index (χ4v) is 6.05. The predicted molar refractivity (Wildman–Crippen MR) is 128 cm³/mol. The summed E-state index contributed by atoms with van der Waals surface area (Å²) in [6.45, 7) is 6.83. The second-order valence-corrected chi connectivity index (χ2v) is 10.4. The molecule has 3 rings (SSSR count). The van der Waals surface area contributed by atoms with Crippen molar-refractivity contribution in [2.45, 2.75) is 42.6 Å². The number of ether oxygens (including phenoxy) is 1. The van der Waals surface area contributed by atoms with Crippen LogP contribution in [0.1, 0.15) is 32.4 Å². The van der Waals surface area contributed by atoms with Crippen molar-refractivity contribution in [2.75, 3.05) is 26.8 Å². The Morgan fingerprint density at radius 1 is 1.12 bits per heavy atom. The van der Waals surface area contributed by atoms with Crippen LogP contribution in [0.15, 0.2) is 58.6 Å². The average molecular weight is 493 g/mol. The van der Waals surface area contributed by atoms with Gasteiger partial charge in [0.15, 0.2) is 11.0 Å². The standard InChI is InChI=1S/C23H29FN4O3S2/c1-5-27(6-2)33(29,30)21-12-8-10-19(14-21)22-25-26-23(28(22)17(3)15-31-4)32-16-18-9-7-11-20(24)13-18/h7-14,17H,5-6,15-16H2,1-4H3/t17-/m0/s1. The lowest BCUT2D eigenvalue weighted by Gasteiger charge is -2.20. The van der Waals surface area contributed by atoms with Crippen molar-refractivity contribution in [1.82, 2.24) is 19.1 Å². The van der Waals surface area contributed by atoms with Crippen LogP contribution in [0, 0.1) is 5.82 Å². The van der Waals surface area contributed by atoms with Gasteiger partial charge in [0.2, 0.25) is 10.0 Å². The Labute approximate surface area is 199 Å². The Hall–Kier alpha value is -2.27. The Bertz CT molecular complexity index is 1180. The van der Waals surface area contributed by atoms with Gasteiger partial charge in [-0.3, -0.25) is 4.57 Å². The van der Waals surface area contributed by atoms with E-state index in [1.54, 1.807) is 31.4 Å². The molecule has 0 aliphatic rings. The fourth-order valence-electron chi connectivity index (χ4n) is 3.57. The van der Waals surface area contributed by atoms with Crippen molar-refractivity contribution >= 4 is 21.8 Å². The van der Waals surface area contributed by atoms with E-state index in [0.717, 1.165) is 5.56 Å². The molecule has 178 valence electrons. The number of thioether (sulfide) groups is 1. The highest BCUT2D eigenvalue weighted by atomic mass is 32.2. The zero-order chi connectivity index (χ0) is 24.0. The molecule has 0 aliphatic heterocycles. The van der Waals surface area contributed by atoms with Crippen molar-refractivity contribution in [2.24, 2.45) is 0 Å². The van der Waals surface area contributed by atoms with E-state index in [-0.39, 0.29) is 16.8 Å². The second kappa shape index (κ2) is 11.2. The SMILES string of the molecule is CCN(CC)S(=O)(=O)c1cccc(-c2nnc(SCc3cccc(F)c3)n2[C@@H](C)COC)c1. The monoisotopic (exact) mass is 492 g/mol. The van der Waals surface area contributed by atoms with Crippen molar-refractivity contribution in [3.63, 3.8) is 0 Å². The minimum Gasteiger partial charge on any atom is -0.383 e. The van der Waals surface area contributed by atoms with Gasteiger partial charge in [-0.2, -0.15) is 4.31 Å². The molecule has 1 heterocycles. The molecular weight excluding hydrogens is 463 g/mol. The summed E-state index contributed by atoms with van der Waals surface area (Å²) in [5, 5.41) is 9.39. The molecular formula is C23H29FN4O3S2. The van der Waals surface area contributed by atoms with Crippen molar-refractivity contribution in [3.05, 3.63) is 59.9 Å². The average Bonchev–Trinajstić information content (AvgIpc) is 3.23. The quantitative estimate of drug-likeness (QED) is 0.364. The topological polar surface area (TPSA) is 77.3 Å². The third kappa shape index (κ3) is 5.81. The highest BCUT2D eigenvalue weighted by Crippen LogP contribution is 2.31. The molecule has 0 saturated carbocycles. The zero-order valence-electron chi connectivity index (χ0n) is 19.2. The van der Waals surface area contributed by atoms with Gasteiger partial charge >= 0.3 is 0 Å². The highest BCUT2D eigenvalue weighted by Gasteiger charge is 2.24. The molecule has 0 unspecified atom stereocenters. The molecule has 33 heavy (non-hydrogen) atoms. The van der Waals surface area contributed by atoms with Crippen molar-refractivity contribution < 1.29 is 17.5 Å². The van der Waals surface area contributed by atoms with Crippen molar-refractivity contribution in [3.8, 4) is 11.4 Å². The van der Waals surface area contributed by atoms with Gasteiger partial charge in [0, 0.05) is 31.5 Å². The third-order valence-electron chi connectivity index (χ3n) is 5.21. The molecule has 2 aromatic carbocycles. The molecule has 10 heteroatoms. The molecule has 0 N–H and O–H groups in total. The first-order valence-electron chi connectivity index (χ1n) is 10.7. The number of hydrogen-bond donors (Lipinski definition) is 0. The Kier molecular flexibility index (Phi) is 8.63. The van der Waals surface area contributed by atoms with E-state index in [1.165, 1.54) is 28.2 Å². The number of aromatic nitrogens is 3. The maximum Gasteiger partial charge on any atom is 0.243 e. The molecule has 7 nitrogen and oxygen atoms in total. The van der Waals surface area contributed by atoms with E-state index in [1.807, 2.05) is 37.5 Å². The van der Waals surface area contributed by atoms with Gasteiger partial charge in [0.05, 0.1) is 17.5 Å². The lowest BCUT2D eigenvalue weighted by Crippen LogP contribution is -2.30. The first kappa shape index (κ1) is 25.4. The van der Waals surface area contributed by atoms with Crippen LogP contribution in [-0.4, -0.2) is 54.3 Å². The van der Waals surface area contributed by atoms with E-state index in [4.69, 9.17) is 4.74 Å². The van der Waals surface area contributed by atoms with Crippen LogP contribution in [-0.2, 0) is 20.5 Å². The van der Waals surface area contributed by atoms with Crippen LogP contribution in [0.5, 0.6) is 0 Å². The summed E-state index contributed by atoms with van der Waals surface area (Å²) in [6.07, 6.45) is 0. The van der Waals surface area contributed by atoms with Gasteiger partial charge in [-0.05, 0) is 36.8 Å². The summed E-state index contributed by atoms with van der Waals surface area (Å²) in [4.78, 5) is 0.214. The molecule has 0 bridgehead atoms. The van der Waals surface area contributed by atoms with E-state index in [0.29, 0.717) is 42.0 Å². The van der Waals surface area contributed by atoms with Crippen molar-refractivity contribution in [1.29, 1.82) is 0 Å². The minimum atomic E-state index is -3.61. The van der Waals surface area contributed by atoms with Gasteiger partial charge in [-0.15, -0.1) is 10.2 Å². The number of hydrogen-bond acceptors (Lipinski definition) is 6.